The zero-order valence-electron chi connectivity index (χ0n) is 16.5. The largest absolute Gasteiger partial charge is 0.445 e. The quantitative estimate of drug-likeness (QED) is 0.572. The van der Waals surface area contributed by atoms with Crippen LogP contribution >= 0.6 is 0 Å². The molecular formula is C23H30N2O3. The summed E-state index contributed by atoms with van der Waals surface area (Å²) in [7, 11) is 0. The van der Waals surface area contributed by atoms with Gasteiger partial charge in [0.15, 0.2) is 0 Å². The molecule has 1 unspecified atom stereocenters. The van der Waals surface area contributed by atoms with Gasteiger partial charge in [0.25, 0.3) is 0 Å². The maximum atomic E-state index is 12.5. The van der Waals surface area contributed by atoms with E-state index >= 15 is 0 Å². The number of aryl methyl sites for hydroxylation is 1. The molecule has 0 radical (unpaired) electrons. The molecule has 0 aliphatic carbocycles. The lowest BCUT2D eigenvalue weighted by atomic mass is 10.1. The Balaban J connectivity index is 1.75. The van der Waals surface area contributed by atoms with Gasteiger partial charge in [-0.3, -0.25) is 4.79 Å². The Hall–Kier alpha value is -2.82. The Bertz CT molecular complexity index is 704. The van der Waals surface area contributed by atoms with Crippen LogP contribution < -0.4 is 10.6 Å². The molecule has 0 saturated carbocycles. The highest BCUT2D eigenvalue weighted by molar-refractivity contribution is 5.85. The predicted molar refractivity (Wildman–Crippen MR) is 111 cm³/mol. The van der Waals surface area contributed by atoms with Crippen LogP contribution in [-0.4, -0.2) is 24.6 Å². The lowest BCUT2D eigenvalue weighted by molar-refractivity contribution is -0.123. The van der Waals surface area contributed by atoms with Crippen LogP contribution in [0.15, 0.2) is 60.7 Å². The molecule has 28 heavy (non-hydrogen) atoms. The molecule has 2 aromatic carbocycles. The molecule has 0 aliphatic rings. The Kier molecular flexibility index (Phi) is 9.62. The van der Waals surface area contributed by atoms with E-state index in [-0.39, 0.29) is 12.5 Å². The summed E-state index contributed by atoms with van der Waals surface area (Å²) in [5.74, 6) is -0.154. The number of hydrogen-bond donors (Lipinski definition) is 2. The van der Waals surface area contributed by atoms with Crippen molar-refractivity contribution in [2.75, 3.05) is 6.54 Å². The summed E-state index contributed by atoms with van der Waals surface area (Å²) in [6.45, 7) is 2.82. The molecule has 0 bridgehead atoms. The molecule has 2 N–H and O–H groups in total. The zero-order valence-corrected chi connectivity index (χ0v) is 16.5. The van der Waals surface area contributed by atoms with Gasteiger partial charge in [0.1, 0.15) is 12.6 Å². The molecule has 0 heterocycles. The van der Waals surface area contributed by atoms with Gasteiger partial charge in [-0.1, -0.05) is 80.4 Å². The number of carbonyl (C=O) groups is 2. The molecule has 5 heteroatoms. The first kappa shape index (κ1) is 21.5. The van der Waals surface area contributed by atoms with E-state index in [2.05, 4.69) is 29.7 Å². The van der Waals surface area contributed by atoms with Gasteiger partial charge >= 0.3 is 6.09 Å². The second kappa shape index (κ2) is 12.5. The number of benzene rings is 2. The van der Waals surface area contributed by atoms with Crippen molar-refractivity contribution < 1.29 is 14.3 Å². The summed E-state index contributed by atoms with van der Waals surface area (Å²) in [5, 5.41) is 5.64. The molecule has 5 nitrogen and oxygen atoms in total. The Morgan fingerprint density at radius 1 is 0.929 bits per heavy atom. The number of amides is 2. The average Bonchev–Trinajstić information content (AvgIpc) is 2.74. The third-order valence-corrected chi connectivity index (χ3v) is 4.45. The van der Waals surface area contributed by atoms with Crippen molar-refractivity contribution in [2.24, 2.45) is 0 Å². The van der Waals surface area contributed by atoms with Gasteiger partial charge in [0.05, 0.1) is 0 Å². The van der Waals surface area contributed by atoms with E-state index in [0.29, 0.717) is 13.0 Å². The summed E-state index contributed by atoms with van der Waals surface area (Å²) in [6.07, 6.45) is 3.62. The average molecular weight is 383 g/mol. The van der Waals surface area contributed by atoms with Crippen LogP contribution in [-0.2, 0) is 22.6 Å². The van der Waals surface area contributed by atoms with Gasteiger partial charge in [-0.15, -0.1) is 0 Å². The predicted octanol–water partition coefficient (Wildman–Crippen LogP) is 4.22. The lowest BCUT2D eigenvalue weighted by Gasteiger charge is -2.18. The molecule has 0 spiro atoms. The van der Waals surface area contributed by atoms with Gasteiger partial charge in [-0.25, -0.2) is 4.79 Å². The van der Waals surface area contributed by atoms with Gasteiger partial charge in [-0.05, 0) is 30.4 Å². The van der Waals surface area contributed by atoms with E-state index in [1.165, 1.54) is 5.56 Å². The molecule has 150 valence electrons. The summed E-state index contributed by atoms with van der Waals surface area (Å²) in [6, 6.07) is 19.1. The van der Waals surface area contributed by atoms with Crippen molar-refractivity contribution in [3.05, 3.63) is 71.8 Å². The minimum absolute atomic E-state index is 0.154. The van der Waals surface area contributed by atoms with E-state index in [0.717, 1.165) is 31.2 Å². The smallest absolute Gasteiger partial charge is 0.408 e. The summed E-state index contributed by atoms with van der Waals surface area (Å²) >= 11 is 0. The number of carbonyl (C=O) groups excluding carboxylic acids is 2. The highest BCUT2D eigenvalue weighted by atomic mass is 16.5. The molecule has 0 aromatic heterocycles. The fourth-order valence-electron chi connectivity index (χ4n) is 2.86. The third-order valence-electron chi connectivity index (χ3n) is 4.45. The van der Waals surface area contributed by atoms with E-state index in [9.17, 15) is 9.59 Å². The van der Waals surface area contributed by atoms with Gasteiger partial charge in [0.2, 0.25) is 5.91 Å². The second-order valence-electron chi connectivity index (χ2n) is 6.78. The summed E-state index contributed by atoms with van der Waals surface area (Å²) in [5.41, 5.74) is 2.16. The highest BCUT2D eigenvalue weighted by Gasteiger charge is 2.20. The first-order valence-electron chi connectivity index (χ1n) is 9.98. The Morgan fingerprint density at radius 2 is 1.57 bits per heavy atom. The number of alkyl carbamates (subject to hydrolysis) is 1. The Labute approximate surface area is 167 Å². The van der Waals surface area contributed by atoms with Crippen molar-refractivity contribution in [2.45, 2.75) is 51.7 Å². The maximum Gasteiger partial charge on any atom is 0.408 e. The fraction of sp³-hybridized carbons (Fsp3) is 0.391. The highest BCUT2D eigenvalue weighted by Crippen LogP contribution is 2.05. The van der Waals surface area contributed by atoms with Crippen molar-refractivity contribution in [1.29, 1.82) is 0 Å². The minimum atomic E-state index is -0.569. The SMILES string of the molecule is CCCCC(NC(=O)OCc1ccccc1)C(=O)NCCCc1ccccc1. The first-order chi connectivity index (χ1) is 13.7. The van der Waals surface area contributed by atoms with Crippen LogP contribution in [0.3, 0.4) is 0 Å². The standard InChI is InChI=1S/C23H30N2O3/c1-2-3-16-21(25-23(27)28-18-20-13-8-5-9-14-20)22(26)24-17-10-15-19-11-6-4-7-12-19/h4-9,11-14,21H,2-3,10,15-18H2,1H3,(H,24,26)(H,25,27). The Morgan fingerprint density at radius 3 is 2.21 bits per heavy atom. The van der Waals surface area contributed by atoms with Crippen molar-refractivity contribution in [3.63, 3.8) is 0 Å². The normalized spacial score (nSPS) is 11.5. The maximum absolute atomic E-state index is 12.5. The van der Waals surface area contributed by atoms with Gasteiger partial charge < -0.3 is 15.4 Å². The van der Waals surface area contributed by atoms with Crippen LogP contribution in [0.1, 0.15) is 43.7 Å². The first-order valence-corrected chi connectivity index (χ1v) is 9.98. The minimum Gasteiger partial charge on any atom is -0.445 e. The van der Waals surface area contributed by atoms with Gasteiger partial charge in [-0.2, -0.15) is 0 Å². The molecular weight excluding hydrogens is 352 g/mol. The van der Waals surface area contributed by atoms with Crippen molar-refractivity contribution in [3.8, 4) is 0 Å². The molecule has 2 amide bonds. The van der Waals surface area contributed by atoms with Crippen molar-refractivity contribution >= 4 is 12.0 Å². The zero-order chi connectivity index (χ0) is 20.0. The topological polar surface area (TPSA) is 67.4 Å². The number of hydrogen-bond acceptors (Lipinski definition) is 3. The van der Waals surface area contributed by atoms with Crippen molar-refractivity contribution in [1.82, 2.24) is 10.6 Å². The second-order valence-corrected chi connectivity index (χ2v) is 6.78. The van der Waals surface area contributed by atoms with E-state index < -0.39 is 12.1 Å². The molecule has 2 rings (SSSR count). The molecule has 0 aliphatic heterocycles. The number of nitrogens with one attached hydrogen (secondary N) is 2. The van der Waals surface area contributed by atoms with Crippen LogP contribution in [0, 0.1) is 0 Å². The molecule has 0 saturated heterocycles. The number of unbranched alkanes of at least 4 members (excludes halogenated alkanes) is 1. The summed E-state index contributed by atoms with van der Waals surface area (Å²) in [4.78, 5) is 24.6. The van der Waals surface area contributed by atoms with Crippen LogP contribution in [0.4, 0.5) is 4.79 Å². The number of ether oxygens (including phenoxy) is 1. The lowest BCUT2D eigenvalue weighted by Crippen LogP contribution is -2.47. The van der Waals surface area contributed by atoms with E-state index in [4.69, 9.17) is 4.74 Å². The molecule has 2 aromatic rings. The fourth-order valence-corrected chi connectivity index (χ4v) is 2.86. The number of rotatable bonds is 11. The molecule has 1 atom stereocenters. The monoisotopic (exact) mass is 382 g/mol. The van der Waals surface area contributed by atoms with Crippen LogP contribution in [0.2, 0.25) is 0 Å². The van der Waals surface area contributed by atoms with Gasteiger partial charge in [0, 0.05) is 6.54 Å². The van der Waals surface area contributed by atoms with E-state index in [1.54, 1.807) is 0 Å². The van der Waals surface area contributed by atoms with Crippen LogP contribution in [0.25, 0.3) is 0 Å². The van der Waals surface area contributed by atoms with Crippen LogP contribution in [0.5, 0.6) is 0 Å². The summed E-state index contributed by atoms with van der Waals surface area (Å²) < 4.78 is 5.24. The van der Waals surface area contributed by atoms with E-state index in [1.807, 2.05) is 48.5 Å². The molecule has 0 fully saturated rings. The third kappa shape index (κ3) is 8.25.